The maximum atomic E-state index is 13.3. The van der Waals surface area contributed by atoms with Gasteiger partial charge in [-0.2, -0.15) is 13.2 Å². The van der Waals surface area contributed by atoms with E-state index in [-0.39, 0.29) is 5.02 Å². The average molecular weight is 315 g/mol. The van der Waals surface area contributed by atoms with Crippen molar-refractivity contribution >= 4 is 22.6 Å². The second-order valence-electron chi connectivity index (χ2n) is 4.44. The van der Waals surface area contributed by atoms with Crippen LogP contribution in [0.3, 0.4) is 0 Å². The molecule has 0 unspecified atom stereocenters. The van der Waals surface area contributed by atoms with Crippen molar-refractivity contribution < 1.29 is 17.6 Å². The number of H-pyrrole nitrogens is 1. The zero-order valence-electron chi connectivity index (χ0n) is 10.3. The molecule has 21 heavy (non-hydrogen) atoms. The van der Waals surface area contributed by atoms with Gasteiger partial charge < -0.3 is 4.98 Å². The highest BCUT2D eigenvalue weighted by Crippen LogP contribution is 2.31. The standard InChI is InChI=1S/C14H7ClF4N2/c15-9-5-11-12(6-10(9)16)21-13(20-11)7-1-3-8(4-2-7)14(17,18)19/h1-6H,(H,20,21). The van der Waals surface area contributed by atoms with Crippen LogP contribution < -0.4 is 0 Å². The monoisotopic (exact) mass is 314 g/mol. The van der Waals surface area contributed by atoms with Crippen LogP contribution in [0.25, 0.3) is 22.4 Å². The van der Waals surface area contributed by atoms with Gasteiger partial charge in [-0.1, -0.05) is 23.7 Å². The van der Waals surface area contributed by atoms with Crippen LogP contribution >= 0.6 is 11.6 Å². The average Bonchev–Trinajstić information content (AvgIpc) is 2.81. The smallest absolute Gasteiger partial charge is 0.338 e. The Morgan fingerprint density at radius 3 is 2.33 bits per heavy atom. The molecule has 0 saturated carbocycles. The van der Waals surface area contributed by atoms with Gasteiger partial charge in [0.05, 0.1) is 21.6 Å². The second-order valence-corrected chi connectivity index (χ2v) is 4.85. The normalized spacial score (nSPS) is 12.0. The van der Waals surface area contributed by atoms with Crippen molar-refractivity contribution in [3.63, 3.8) is 0 Å². The summed E-state index contributed by atoms with van der Waals surface area (Å²) in [4.78, 5) is 7.04. The molecule has 3 aromatic rings. The molecule has 0 aliphatic carbocycles. The van der Waals surface area contributed by atoms with Crippen molar-refractivity contribution in [1.29, 1.82) is 0 Å². The van der Waals surface area contributed by atoms with Crippen LogP contribution in [0.2, 0.25) is 5.02 Å². The van der Waals surface area contributed by atoms with Crippen molar-refractivity contribution in [1.82, 2.24) is 9.97 Å². The highest BCUT2D eigenvalue weighted by molar-refractivity contribution is 6.31. The van der Waals surface area contributed by atoms with E-state index in [1.165, 1.54) is 24.3 Å². The number of hydrogen-bond donors (Lipinski definition) is 1. The van der Waals surface area contributed by atoms with E-state index in [9.17, 15) is 17.6 Å². The Kier molecular flexibility index (Phi) is 3.13. The molecule has 108 valence electrons. The Hall–Kier alpha value is -2.08. The lowest BCUT2D eigenvalue weighted by atomic mass is 10.1. The molecule has 0 bridgehead atoms. The second kappa shape index (κ2) is 4.73. The molecule has 1 N–H and O–H groups in total. The van der Waals surface area contributed by atoms with E-state index in [1.54, 1.807) is 0 Å². The first kappa shape index (κ1) is 13.9. The molecule has 7 heteroatoms. The van der Waals surface area contributed by atoms with Crippen molar-refractivity contribution in [2.24, 2.45) is 0 Å². The van der Waals surface area contributed by atoms with E-state index < -0.39 is 17.6 Å². The van der Waals surface area contributed by atoms with Crippen molar-refractivity contribution in [2.75, 3.05) is 0 Å². The summed E-state index contributed by atoms with van der Waals surface area (Å²) in [7, 11) is 0. The van der Waals surface area contributed by atoms with Gasteiger partial charge in [0.25, 0.3) is 0 Å². The fourth-order valence-corrected chi connectivity index (χ4v) is 2.12. The van der Waals surface area contributed by atoms with E-state index in [2.05, 4.69) is 9.97 Å². The molecule has 3 rings (SSSR count). The number of rotatable bonds is 1. The minimum absolute atomic E-state index is 0.0508. The number of nitrogens with zero attached hydrogens (tertiary/aromatic N) is 1. The minimum Gasteiger partial charge on any atom is -0.338 e. The molecule has 2 nitrogen and oxygen atoms in total. The maximum absolute atomic E-state index is 13.3. The number of nitrogens with one attached hydrogen (secondary N) is 1. The van der Waals surface area contributed by atoms with E-state index >= 15 is 0 Å². The van der Waals surface area contributed by atoms with Crippen LogP contribution in [-0.2, 0) is 6.18 Å². The number of aromatic amines is 1. The molecule has 2 aromatic carbocycles. The third kappa shape index (κ3) is 2.58. The molecule has 0 amide bonds. The van der Waals surface area contributed by atoms with Crippen LogP contribution in [0, 0.1) is 5.82 Å². The number of benzene rings is 2. The van der Waals surface area contributed by atoms with Gasteiger partial charge in [-0.3, -0.25) is 0 Å². The molecule has 0 aliphatic heterocycles. The number of hydrogen-bond acceptors (Lipinski definition) is 1. The molecule has 0 aliphatic rings. The lowest BCUT2D eigenvalue weighted by Crippen LogP contribution is -2.04. The molecular weight excluding hydrogens is 308 g/mol. The molecule has 0 radical (unpaired) electrons. The highest BCUT2D eigenvalue weighted by atomic mass is 35.5. The fourth-order valence-electron chi connectivity index (χ4n) is 1.96. The summed E-state index contributed by atoms with van der Waals surface area (Å²) in [6.07, 6.45) is -4.39. The number of halogens is 5. The van der Waals surface area contributed by atoms with Crippen LogP contribution in [0.4, 0.5) is 17.6 Å². The zero-order chi connectivity index (χ0) is 15.2. The minimum atomic E-state index is -4.39. The Bertz CT molecular complexity index is 767. The summed E-state index contributed by atoms with van der Waals surface area (Å²) in [5, 5.41) is -0.0508. The summed E-state index contributed by atoms with van der Waals surface area (Å²) in [5.74, 6) is -0.255. The van der Waals surface area contributed by atoms with Crippen LogP contribution in [0.1, 0.15) is 5.56 Å². The molecule has 0 fully saturated rings. The van der Waals surface area contributed by atoms with E-state index in [0.717, 1.165) is 12.1 Å². The molecule has 0 atom stereocenters. The molecule has 1 heterocycles. The van der Waals surface area contributed by atoms with E-state index in [0.29, 0.717) is 22.4 Å². The largest absolute Gasteiger partial charge is 0.416 e. The van der Waals surface area contributed by atoms with Gasteiger partial charge in [0.15, 0.2) is 0 Å². The van der Waals surface area contributed by atoms with Gasteiger partial charge in [0.2, 0.25) is 0 Å². The van der Waals surface area contributed by atoms with Crippen molar-refractivity contribution in [2.45, 2.75) is 6.18 Å². The van der Waals surface area contributed by atoms with E-state index in [1.807, 2.05) is 0 Å². The zero-order valence-corrected chi connectivity index (χ0v) is 11.1. The van der Waals surface area contributed by atoms with Gasteiger partial charge in [-0.15, -0.1) is 0 Å². The maximum Gasteiger partial charge on any atom is 0.416 e. The van der Waals surface area contributed by atoms with Crippen LogP contribution in [-0.4, -0.2) is 9.97 Å². The first-order chi connectivity index (χ1) is 9.84. The Labute approximate surface area is 121 Å². The summed E-state index contributed by atoms with van der Waals surface area (Å²) in [6, 6.07) is 7.09. The van der Waals surface area contributed by atoms with E-state index in [4.69, 9.17) is 11.6 Å². The predicted molar refractivity (Wildman–Crippen MR) is 71.5 cm³/mol. The SMILES string of the molecule is Fc1cc2nc(-c3ccc(C(F)(F)F)cc3)[nH]c2cc1Cl. The first-order valence-corrected chi connectivity index (χ1v) is 6.25. The summed E-state index contributed by atoms with van der Waals surface area (Å²) in [5.41, 5.74) is 0.593. The van der Waals surface area contributed by atoms with Gasteiger partial charge in [0, 0.05) is 11.6 Å². The number of aromatic nitrogens is 2. The van der Waals surface area contributed by atoms with Gasteiger partial charge >= 0.3 is 6.18 Å². The first-order valence-electron chi connectivity index (χ1n) is 5.87. The van der Waals surface area contributed by atoms with Crippen molar-refractivity contribution in [3.05, 3.63) is 52.8 Å². The van der Waals surface area contributed by atoms with Crippen LogP contribution in [0.5, 0.6) is 0 Å². The topological polar surface area (TPSA) is 28.7 Å². The molecule has 0 saturated heterocycles. The lowest BCUT2D eigenvalue weighted by molar-refractivity contribution is -0.137. The highest BCUT2D eigenvalue weighted by Gasteiger charge is 2.30. The summed E-state index contributed by atoms with van der Waals surface area (Å²) >= 11 is 5.67. The Morgan fingerprint density at radius 2 is 1.71 bits per heavy atom. The van der Waals surface area contributed by atoms with Gasteiger partial charge in [-0.05, 0) is 18.2 Å². The summed E-state index contributed by atoms with van der Waals surface area (Å²) < 4.78 is 50.8. The Balaban J connectivity index is 2.04. The summed E-state index contributed by atoms with van der Waals surface area (Å²) in [6.45, 7) is 0. The number of imidazole rings is 1. The predicted octanol–water partition coefficient (Wildman–Crippen LogP) is 5.04. The van der Waals surface area contributed by atoms with Gasteiger partial charge in [0.1, 0.15) is 11.6 Å². The fraction of sp³-hybridized carbons (Fsp3) is 0.0714. The third-order valence-electron chi connectivity index (χ3n) is 3.01. The third-order valence-corrected chi connectivity index (χ3v) is 3.30. The molecule has 1 aromatic heterocycles. The molecular formula is C14H7ClF4N2. The van der Waals surface area contributed by atoms with Crippen LogP contribution in [0.15, 0.2) is 36.4 Å². The van der Waals surface area contributed by atoms with Gasteiger partial charge in [-0.25, -0.2) is 9.37 Å². The number of fused-ring (bicyclic) bond motifs is 1. The lowest BCUT2D eigenvalue weighted by Gasteiger charge is -2.06. The quantitative estimate of drug-likeness (QED) is 0.626. The van der Waals surface area contributed by atoms with Crippen molar-refractivity contribution in [3.8, 4) is 11.4 Å². The number of alkyl halides is 3. The molecule has 0 spiro atoms. The Morgan fingerprint density at radius 1 is 1.05 bits per heavy atom.